The molecule has 1 aromatic rings. The van der Waals surface area contributed by atoms with Gasteiger partial charge in [-0.25, -0.2) is 13.8 Å². The number of aromatic nitrogens is 1. The van der Waals surface area contributed by atoms with Crippen molar-refractivity contribution in [1.29, 1.82) is 5.26 Å². The van der Waals surface area contributed by atoms with E-state index < -0.39 is 18.6 Å². The molecule has 0 aliphatic heterocycles. The van der Waals surface area contributed by atoms with Crippen LogP contribution in [0.5, 0.6) is 0 Å². The van der Waals surface area contributed by atoms with Crippen LogP contribution in [0, 0.1) is 11.3 Å². The minimum absolute atomic E-state index is 0.0630. The van der Waals surface area contributed by atoms with Crippen LogP contribution in [-0.2, 0) is 6.61 Å². The molecule has 6 heteroatoms. The number of alkyl halides is 2. The summed E-state index contributed by atoms with van der Waals surface area (Å²) in [7, 11) is 0. The normalized spacial score (nSPS) is 10.3. The van der Waals surface area contributed by atoms with Crippen LogP contribution in [-0.4, -0.2) is 10.1 Å². The van der Waals surface area contributed by atoms with Gasteiger partial charge < -0.3 is 5.11 Å². The van der Waals surface area contributed by atoms with Crippen LogP contribution in [0.4, 0.5) is 8.78 Å². The monoisotopic (exact) mass is 218 g/mol. The van der Waals surface area contributed by atoms with Crippen molar-refractivity contribution in [1.82, 2.24) is 4.98 Å². The fraction of sp³-hybridized carbons (Fsp3) is 0.250. The number of aliphatic hydroxyl groups is 1. The summed E-state index contributed by atoms with van der Waals surface area (Å²) in [5, 5.41) is 17.1. The summed E-state index contributed by atoms with van der Waals surface area (Å²) in [4.78, 5) is 3.46. The number of rotatable bonds is 2. The average Bonchev–Trinajstić information content (AvgIpc) is 2.16. The van der Waals surface area contributed by atoms with Crippen LogP contribution in [0.1, 0.15) is 23.2 Å². The van der Waals surface area contributed by atoms with Crippen LogP contribution >= 0.6 is 11.6 Å². The number of hydrogen-bond acceptors (Lipinski definition) is 3. The van der Waals surface area contributed by atoms with Crippen LogP contribution in [0.25, 0.3) is 0 Å². The predicted octanol–water partition coefficient (Wildman–Crippen LogP) is 2.04. The second kappa shape index (κ2) is 4.31. The standard InChI is InChI=1S/C8H5ClF2N2O/c9-7-4(8(10)11)2-13-6(1-12)5(7)3-14/h2,8,14H,3H2. The van der Waals surface area contributed by atoms with Crippen molar-refractivity contribution in [3.05, 3.63) is 28.0 Å². The van der Waals surface area contributed by atoms with Gasteiger partial charge in [0.2, 0.25) is 0 Å². The summed E-state index contributed by atoms with van der Waals surface area (Å²) in [6.07, 6.45) is -1.93. The third-order valence-electron chi connectivity index (χ3n) is 1.64. The van der Waals surface area contributed by atoms with E-state index in [9.17, 15) is 8.78 Å². The molecule has 1 aromatic heterocycles. The van der Waals surface area contributed by atoms with Gasteiger partial charge in [-0.05, 0) is 0 Å². The Hall–Kier alpha value is -1.25. The number of nitriles is 1. The number of aliphatic hydroxyl groups excluding tert-OH is 1. The Morgan fingerprint density at radius 1 is 1.64 bits per heavy atom. The molecule has 1 rings (SSSR count). The maximum absolute atomic E-state index is 12.3. The molecule has 0 radical (unpaired) electrons. The number of halogens is 3. The smallest absolute Gasteiger partial charge is 0.266 e. The van der Waals surface area contributed by atoms with Gasteiger partial charge >= 0.3 is 0 Å². The molecule has 0 fully saturated rings. The molecule has 0 amide bonds. The molecule has 14 heavy (non-hydrogen) atoms. The zero-order valence-electron chi connectivity index (χ0n) is 6.84. The lowest BCUT2D eigenvalue weighted by molar-refractivity contribution is 0.150. The van der Waals surface area contributed by atoms with Crippen molar-refractivity contribution in [3.63, 3.8) is 0 Å². The minimum Gasteiger partial charge on any atom is -0.392 e. The third-order valence-corrected chi connectivity index (χ3v) is 2.08. The first-order valence-electron chi connectivity index (χ1n) is 3.58. The fourth-order valence-corrected chi connectivity index (χ4v) is 1.22. The molecule has 0 aliphatic carbocycles. The van der Waals surface area contributed by atoms with Gasteiger partial charge in [-0.3, -0.25) is 0 Å². The van der Waals surface area contributed by atoms with E-state index in [4.69, 9.17) is 22.0 Å². The predicted molar refractivity (Wildman–Crippen MR) is 44.8 cm³/mol. The van der Waals surface area contributed by atoms with Gasteiger partial charge in [-0.2, -0.15) is 5.26 Å². The first-order chi connectivity index (χ1) is 6.61. The van der Waals surface area contributed by atoms with E-state index >= 15 is 0 Å². The molecule has 0 aromatic carbocycles. The van der Waals surface area contributed by atoms with Gasteiger partial charge in [0.1, 0.15) is 11.8 Å². The summed E-state index contributed by atoms with van der Waals surface area (Å²) in [5.74, 6) is 0. The Kier molecular flexibility index (Phi) is 3.33. The van der Waals surface area contributed by atoms with Crippen molar-refractivity contribution in [2.75, 3.05) is 0 Å². The van der Waals surface area contributed by atoms with Gasteiger partial charge in [0.05, 0.1) is 17.2 Å². The molecule has 0 aliphatic rings. The summed E-state index contributed by atoms with van der Waals surface area (Å²) < 4.78 is 24.6. The van der Waals surface area contributed by atoms with E-state index in [1.165, 1.54) is 0 Å². The lowest BCUT2D eigenvalue weighted by Crippen LogP contribution is -1.99. The molecule has 0 spiro atoms. The average molecular weight is 219 g/mol. The minimum atomic E-state index is -2.77. The fourth-order valence-electron chi connectivity index (χ4n) is 0.940. The molecule has 1 heterocycles. The Balaban J connectivity index is 3.37. The molecule has 3 nitrogen and oxygen atoms in total. The second-order valence-corrected chi connectivity index (χ2v) is 2.80. The highest BCUT2D eigenvalue weighted by Gasteiger charge is 2.18. The summed E-state index contributed by atoms with van der Waals surface area (Å²) in [6, 6.07) is 1.65. The first kappa shape index (κ1) is 10.8. The Labute approximate surface area is 83.6 Å². The highest BCUT2D eigenvalue weighted by atomic mass is 35.5. The Bertz CT molecular complexity index is 390. The highest BCUT2D eigenvalue weighted by Crippen LogP contribution is 2.30. The van der Waals surface area contributed by atoms with Crippen molar-refractivity contribution < 1.29 is 13.9 Å². The van der Waals surface area contributed by atoms with E-state index in [-0.39, 0.29) is 16.3 Å². The van der Waals surface area contributed by atoms with Crippen molar-refractivity contribution in [2.24, 2.45) is 0 Å². The van der Waals surface area contributed by atoms with Crippen LogP contribution in [0.15, 0.2) is 6.20 Å². The molecule has 0 saturated carbocycles. The van der Waals surface area contributed by atoms with E-state index in [1.807, 2.05) is 0 Å². The van der Waals surface area contributed by atoms with E-state index in [0.29, 0.717) is 0 Å². The number of pyridine rings is 1. The van der Waals surface area contributed by atoms with Gasteiger partial charge in [0, 0.05) is 11.8 Å². The summed E-state index contributed by atoms with van der Waals surface area (Å²) in [6.45, 7) is -0.588. The highest BCUT2D eigenvalue weighted by molar-refractivity contribution is 6.32. The maximum atomic E-state index is 12.3. The maximum Gasteiger partial charge on any atom is 0.266 e. The van der Waals surface area contributed by atoms with Gasteiger partial charge in [0.25, 0.3) is 6.43 Å². The molecular weight excluding hydrogens is 214 g/mol. The number of nitrogens with zero attached hydrogens (tertiary/aromatic N) is 2. The van der Waals surface area contributed by atoms with Crippen LogP contribution in [0.3, 0.4) is 0 Å². The quantitative estimate of drug-likeness (QED) is 0.826. The molecule has 1 N–H and O–H groups in total. The second-order valence-electron chi connectivity index (χ2n) is 2.43. The van der Waals surface area contributed by atoms with Crippen molar-refractivity contribution in [3.8, 4) is 6.07 Å². The van der Waals surface area contributed by atoms with Crippen molar-refractivity contribution in [2.45, 2.75) is 13.0 Å². The molecule has 0 unspecified atom stereocenters. The Morgan fingerprint density at radius 3 is 2.71 bits per heavy atom. The molecule has 0 bridgehead atoms. The lowest BCUT2D eigenvalue weighted by atomic mass is 10.1. The van der Waals surface area contributed by atoms with Crippen LogP contribution in [0.2, 0.25) is 5.02 Å². The van der Waals surface area contributed by atoms with E-state index in [0.717, 1.165) is 6.20 Å². The molecule has 74 valence electrons. The lowest BCUT2D eigenvalue weighted by Gasteiger charge is -2.07. The van der Waals surface area contributed by atoms with E-state index in [1.54, 1.807) is 6.07 Å². The van der Waals surface area contributed by atoms with Gasteiger partial charge in [0.15, 0.2) is 0 Å². The largest absolute Gasteiger partial charge is 0.392 e. The number of hydrogen-bond donors (Lipinski definition) is 1. The Morgan fingerprint density at radius 2 is 2.29 bits per heavy atom. The third kappa shape index (κ3) is 1.81. The molecule has 0 saturated heterocycles. The van der Waals surface area contributed by atoms with E-state index in [2.05, 4.69) is 4.98 Å². The van der Waals surface area contributed by atoms with Crippen molar-refractivity contribution >= 4 is 11.6 Å². The topological polar surface area (TPSA) is 56.9 Å². The van der Waals surface area contributed by atoms with Gasteiger partial charge in [-0.1, -0.05) is 11.6 Å². The zero-order valence-corrected chi connectivity index (χ0v) is 7.59. The summed E-state index contributed by atoms with van der Waals surface area (Å²) >= 11 is 5.56. The molecular formula is C8H5ClF2N2O. The first-order valence-corrected chi connectivity index (χ1v) is 3.96. The summed E-state index contributed by atoms with van der Waals surface area (Å²) in [5.41, 5.74) is -0.677. The molecule has 0 atom stereocenters. The zero-order chi connectivity index (χ0) is 10.7. The van der Waals surface area contributed by atoms with Crippen LogP contribution < -0.4 is 0 Å². The van der Waals surface area contributed by atoms with Gasteiger partial charge in [-0.15, -0.1) is 0 Å². The SMILES string of the molecule is N#Cc1ncc(C(F)F)c(Cl)c1CO.